The van der Waals surface area contributed by atoms with Gasteiger partial charge in [-0.15, -0.1) is 0 Å². The second-order valence-corrected chi connectivity index (χ2v) is 5.61. The van der Waals surface area contributed by atoms with Crippen molar-refractivity contribution in [2.45, 2.75) is 19.5 Å². The summed E-state index contributed by atoms with van der Waals surface area (Å²) in [5.41, 5.74) is 8.30. The molecule has 4 heteroatoms. The van der Waals surface area contributed by atoms with Crippen molar-refractivity contribution >= 4 is 21.7 Å². The first-order valence-corrected chi connectivity index (χ1v) is 7.03. The normalized spacial score (nSPS) is 12.2. The number of benzene rings is 1. The zero-order chi connectivity index (χ0) is 13.8. The fourth-order valence-corrected chi connectivity index (χ4v) is 2.51. The van der Waals surface area contributed by atoms with Gasteiger partial charge in [0, 0.05) is 35.9 Å². The fraction of sp³-hybridized carbons (Fsp3) is 0.267. The summed E-state index contributed by atoms with van der Waals surface area (Å²) in [5.74, 6) is 0.942. The molecule has 100 valence electrons. The van der Waals surface area contributed by atoms with Crippen LogP contribution in [-0.2, 0) is 6.54 Å². The lowest BCUT2D eigenvalue weighted by Gasteiger charge is -2.22. The molecule has 0 spiro atoms. The monoisotopic (exact) mass is 319 g/mol. The minimum Gasteiger partial charge on any atom is -0.355 e. The zero-order valence-electron chi connectivity index (χ0n) is 11.2. The van der Waals surface area contributed by atoms with Crippen LogP contribution in [0.25, 0.3) is 0 Å². The van der Waals surface area contributed by atoms with E-state index in [-0.39, 0.29) is 6.04 Å². The van der Waals surface area contributed by atoms with E-state index in [1.807, 2.05) is 38.2 Å². The van der Waals surface area contributed by atoms with E-state index in [1.165, 1.54) is 5.56 Å². The average molecular weight is 320 g/mol. The lowest BCUT2D eigenvalue weighted by atomic mass is 10.1. The maximum atomic E-state index is 6.00. The van der Waals surface area contributed by atoms with Gasteiger partial charge in [-0.1, -0.05) is 34.1 Å². The summed E-state index contributed by atoms with van der Waals surface area (Å²) in [5, 5.41) is 0. The molecule has 2 N–H and O–H groups in total. The van der Waals surface area contributed by atoms with Gasteiger partial charge in [0.05, 0.1) is 0 Å². The smallest absolute Gasteiger partial charge is 0.133 e. The van der Waals surface area contributed by atoms with Crippen LogP contribution in [0.3, 0.4) is 0 Å². The molecule has 0 aliphatic rings. The highest BCUT2D eigenvalue weighted by atomic mass is 79.9. The predicted molar refractivity (Wildman–Crippen MR) is 83.1 cm³/mol. The Balaban J connectivity index is 2.23. The molecule has 2 rings (SSSR count). The molecule has 1 heterocycles. The summed E-state index contributed by atoms with van der Waals surface area (Å²) >= 11 is 3.49. The van der Waals surface area contributed by atoms with Crippen LogP contribution in [0, 0.1) is 0 Å². The Morgan fingerprint density at radius 3 is 2.79 bits per heavy atom. The van der Waals surface area contributed by atoms with E-state index in [0.717, 1.165) is 22.4 Å². The van der Waals surface area contributed by atoms with Crippen LogP contribution >= 0.6 is 15.9 Å². The van der Waals surface area contributed by atoms with Gasteiger partial charge in [0.25, 0.3) is 0 Å². The first-order chi connectivity index (χ1) is 9.08. The number of hydrogen-bond donors (Lipinski definition) is 1. The van der Waals surface area contributed by atoms with Gasteiger partial charge in [0.15, 0.2) is 0 Å². The lowest BCUT2D eigenvalue weighted by molar-refractivity contribution is 0.788. The molecule has 0 aliphatic carbocycles. The highest BCUT2D eigenvalue weighted by Crippen LogP contribution is 2.23. The average Bonchev–Trinajstić information content (AvgIpc) is 2.38. The third-order valence-electron chi connectivity index (χ3n) is 2.98. The van der Waals surface area contributed by atoms with Crippen LogP contribution in [0.5, 0.6) is 0 Å². The molecule has 0 fully saturated rings. The Morgan fingerprint density at radius 2 is 2.11 bits per heavy atom. The van der Waals surface area contributed by atoms with Gasteiger partial charge in [-0.25, -0.2) is 4.98 Å². The molecular weight excluding hydrogens is 302 g/mol. The number of nitrogens with two attached hydrogens (primary N) is 1. The first-order valence-electron chi connectivity index (χ1n) is 6.24. The minimum atomic E-state index is -0.0198. The van der Waals surface area contributed by atoms with Gasteiger partial charge >= 0.3 is 0 Å². The summed E-state index contributed by atoms with van der Waals surface area (Å²) in [6.45, 7) is 2.78. The van der Waals surface area contributed by atoms with Gasteiger partial charge < -0.3 is 10.6 Å². The van der Waals surface area contributed by atoms with Crippen LogP contribution < -0.4 is 10.6 Å². The quantitative estimate of drug-likeness (QED) is 0.937. The van der Waals surface area contributed by atoms with Crippen molar-refractivity contribution in [2.24, 2.45) is 5.73 Å². The van der Waals surface area contributed by atoms with Gasteiger partial charge in [-0.2, -0.15) is 0 Å². The number of anilines is 1. The number of halogens is 1. The highest BCUT2D eigenvalue weighted by molar-refractivity contribution is 9.10. The standard InChI is InChI=1S/C15H18BrN3/c1-11(17)14-7-4-8-18-15(14)19(2)10-12-5-3-6-13(16)9-12/h3-9,11H,10,17H2,1-2H3/t11-/m0/s1. The van der Waals surface area contributed by atoms with Crippen molar-refractivity contribution in [3.8, 4) is 0 Å². The maximum Gasteiger partial charge on any atom is 0.133 e. The van der Waals surface area contributed by atoms with E-state index in [9.17, 15) is 0 Å². The minimum absolute atomic E-state index is 0.0198. The molecule has 0 saturated carbocycles. The number of nitrogens with zero attached hydrogens (tertiary/aromatic N) is 2. The Kier molecular flexibility index (Phi) is 4.56. The first kappa shape index (κ1) is 14.0. The Labute approximate surface area is 122 Å². The lowest BCUT2D eigenvalue weighted by Crippen LogP contribution is -2.21. The van der Waals surface area contributed by atoms with Crippen molar-refractivity contribution in [2.75, 3.05) is 11.9 Å². The Morgan fingerprint density at radius 1 is 1.32 bits per heavy atom. The summed E-state index contributed by atoms with van der Waals surface area (Å²) < 4.78 is 1.09. The second-order valence-electron chi connectivity index (χ2n) is 4.69. The SMILES string of the molecule is C[C@H](N)c1cccnc1N(C)Cc1cccc(Br)c1. The molecule has 2 aromatic rings. The van der Waals surface area contributed by atoms with E-state index in [0.29, 0.717) is 0 Å². The molecule has 0 saturated heterocycles. The summed E-state index contributed by atoms with van der Waals surface area (Å²) in [6, 6.07) is 12.2. The van der Waals surface area contributed by atoms with Gasteiger partial charge in [0.2, 0.25) is 0 Å². The van der Waals surface area contributed by atoms with Crippen molar-refractivity contribution in [1.29, 1.82) is 0 Å². The molecule has 19 heavy (non-hydrogen) atoms. The van der Waals surface area contributed by atoms with Gasteiger partial charge in [-0.3, -0.25) is 0 Å². The molecule has 0 radical (unpaired) electrons. The molecule has 1 aromatic heterocycles. The number of hydrogen-bond acceptors (Lipinski definition) is 3. The number of aromatic nitrogens is 1. The van der Waals surface area contributed by atoms with Crippen LogP contribution in [0.1, 0.15) is 24.1 Å². The van der Waals surface area contributed by atoms with Crippen LogP contribution in [-0.4, -0.2) is 12.0 Å². The molecule has 1 atom stereocenters. The molecule has 1 aromatic carbocycles. The van der Waals surface area contributed by atoms with E-state index in [1.54, 1.807) is 6.20 Å². The summed E-state index contributed by atoms with van der Waals surface area (Å²) in [4.78, 5) is 6.58. The summed E-state index contributed by atoms with van der Waals surface area (Å²) in [7, 11) is 2.04. The van der Waals surface area contributed by atoms with Crippen molar-refractivity contribution in [3.05, 3.63) is 58.2 Å². The fourth-order valence-electron chi connectivity index (χ4n) is 2.07. The van der Waals surface area contributed by atoms with E-state index in [2.05, 4.69) is 37.9 Å². The van der Waals surface area contributed by atoms with Crippen LogP contribution in [0.4, 0.5) is 5.82 Å². The van der Waals surface area contributed by atoms with Gasteiger partial charge in [-0.05, 0) is 30.7 Å². The van der Waals surface area contributed by atoms with E-state index in [4.69, 9.17) is 5.73 Å². The van der Waals surface area contributed by atoms with Gasteiger partial charge in [0.1, 0.15) is 5.82 Å². The Hall–Kier alpha value is -1.39. The molecule has 0 unspecified atom stereocenters. The van der Waals surface area contributed by atoms with Crippen molar-refractivity contribution in [3.63, 3.8) is 0 Å². The number of rotatable bonds is 4. The third-order valence-corrected chi connectivity index (χ3v) is 3.47. The molecule has 0 aliphatic heterocycles. The molecule has 3 nitrogen and oxygen atoms in total. The highest BCUT2D eigenvalue weighted by Gasteiger charge is 2.12. The zero-order valence-corrected chi connectivity index (χ0v) is 12.8. The molecular formula is C15H18BrN3. The van der Waals surface area contributed by atoms with Crippen LogP contribution in [0.15, 0.2) is 47.1 Å². The van der Waals surface area contributed by atoms with Crippen molar-refractivity contribution < 1.29 is 0 Å². The van der Waals surface area contributed by atoms with Crippen molar-refractivity contribution in [1.82, 2.24) is 4.98 Å². The third kappa shape index (κ3) is 3.55. The maximum absolute atomic E-state index is 6.00. The predicted octanol–water partition coefficient (Wildman–Crippen LogP) is 3.50. The molecule has 0 amide bonds. The second kappa shape index (κ2) is 6.17. The van der Waals surface area contributed by atoms with Crippen LogP contribution in [0.2, 0.25) is 0 Å². The van der Waals surface area contributed by atoms with E-state index >= 15 is 0 Å². The molecule has 0 bridgehead atoms. The largest absolute Gasteiger partial charge is 0.355 e. The Bertz CT molecular complexity index is 555. The summed E-state index contributed by atoms with van der Waals surface area (Å²) in [6.07, 6.45) is 1.80. The topological polar surface area (TPSA) is 42.1 Å². The number of pyridine rings is 1. The van der Waals surface area contributed by atoms with E-state index < -0.39 is 0 Å².